The maximum Gasteiger partial charge on any atom is 0.423 e. The zero-order valence-corrected chi connectivity index (χ0v) is 14.6. The normalized spacial score (nSPS) is 18.1. The molecule has 4 nitrogen and oxygen atoms in total. The second-order valence-electron chi connectivity index (χ2n) is 6.45. The second-order valence-corrected chi connectivity index (χ2v) is 8.44. The van der Waals surface area contributed by atoms with E-state index < -0.39 is 51.5 Å². The average molecular weight is 371 g/mol. The van der Waals surface area contributed by atoms with Gasteiger partial charge in [0.15, 0.2) is 0 Å². The van der Waals surface area contributed by atoms with E-state index in [9.17, 15) is 26.9 Å². The number of aliphatic hydroxyl groups is 2. The summed E-state index contributed by atoms with van der Waals surface area (Å²) < 4.78 is 67.7. The predicted octanol–water partition coefficient (Wildman–Crippen LogP) is 2.68. The van der Waals surface area contributed by atoms with Crippen LogP contribution < -0.4 is 4.72 Å². The highest BCUT2D eigenvalue weighted by Gasteiger charge is 2.56. The van der Waals surface area contributed by atoms with Crippen LogP contribution in [0.1, 0.15) is 44.9 Å². The molecule has 1 aromatic carbocycles. The molecule has 0 heterocycles. The number of hydrogen-bond acceptors (Lipinski definition) is 3. The Labute approximate surface area is 140 Å². The number of benzene rings is 1. The third kappa shape index (κ3) is 4.14. The van der Waals surface area contributed by atoms with Crippen molar-refractivity contribution in [1.82, 2.24) is 4.72 Å². The van der Waals surface area contributed by atoms with Crippen molar-refractivity contribution in [3.05, 3.63) is 35.1 Å². The molecule has 0 aliphatic heterocycles. The minimum atomic E-state index is -5.26. The van der Waals surface area contributed by atoms with Gasteiger partial charge in [0.2, 0.25) is 5.60 Å². The van der Waals surface area contributed by atoms with Gasteiger partial charge in [0.05, 0.1) is 22.3 Å². The van der Waals surface area contributed by atoms with E-state index in [1.54, 1.807) is 20.8 Å². The number of halogens is 4. The Morgan fingerprint density at radius 1 is 1.25 bits per heavy atom. The van der Waals surface area contributed by atoms with Crippen LogP contribution in [0.3, 0.4) is 0 Å². The summed E-state index contributed by atoms with van der Waals surface area (Å²) in [6, 6.07) is 2.25. The molecule has 3 atom stereocenters. The monoisotopic (exact) mass is 371 g/mol. The van der Waals surface area contributed by atoms with E-state index in [0.717, 1.165) is 12.1 Å². The first-order chi connectivity index (χ1) is 10.8. The highest BCUT2D eigenvalue weighted by molar-refractivity contribution is 7.84. The van der Waals surface area contributed by atoms with Crippen LogP contribution in [-0.4, -0.2) is 32.0 Å². The Kier molecular flexibility index (Phi) is 6.19. The molecule has 1 rings (SSSR count). The van der Waals surface area contributed by atoms with E-state index in [0.29, 0.717) is 0 Å². The quantitative estimate of drug-likeness (QED) is 0.697. The first-order valence-electron chi connectivity index (χ1n) is 7.12. The lowest BCUT2D eigenvalue weighted by Gasteiger charge is -2.30. The lowest BCUT2D eigenvalue weighted by atomic mass is 9.90. The van der Waals surface area contributed by atoms with Gasteiger partial charge in [0.1, 0.15) is 5.82 Å². The van der Waals surface area contributed by atoms with Crippen LogP contribution >= 0.6 is 0 Å². The van der Waals surface area contributed by atoms with Crippen molar-refractivity contribution in [2.45, 2.75) is 50.3 Å². The Morgan fingerprint density at radius 3 is 2.21 bits per heavy atom. The molecule has 0 aromatic heterocycles. The summed E-state index contributed by atoms with van der Waals surface area (Å²) in [5.74, 6) is -1.31. The van der Waals surface area contributed by atoms with Crippen LogP contribution in [0, 0.1) is 5.82 Å². The van der Waals surface area contributed by atoms with Gasteiger partial charge in [-0.1, -0.05) is 18.2 Å². The molecular formula is C15H21F4NO3S. The van der Waals surface area contributed by atoms with Crippen LogP contribution in [0.15, 0.2) is 18.2 Å². The maximum atomic E-state index is 14.6. The van der Waals surface area contributed by atoms with Gasteiger partial charge < -0.3 is 10.2 Å². The molecule has 9 heteroatoms. The zero-order chi connectivity index (χ0) is 18.9. The highest BCUT2D eigenvalue weighted by Crippen LogP contribution is 2.40. The fourth-order valence-corrected chi connectivity index (χ4v) is 2.73. The zero-order valence-electron chi connectivity index (χ0n) is 13.7. The lowest BCUT2D eigenvalue weighted by Crippen LogP contribution is -2.46. The maximum absolute atomic E-state index is 14.6. The largest absolute Gasteiger partial charge is 0.423 e. The number of aliphatic hydroxyl groups excluding tert-OH is 1. The van der Waals surface area contributed by atoms with Gasteiger partial charge in [-0.15, -0.1) is 0 Å². The van der Waals surface area contributed by atoms with Crippen molar-refractivity contribution in [1.29, 1.82) is 0 Å². The van der Waals surface area contributed by atoms with Gasteiger partial charge in [-0.25, -0.2) is 13.3 Å². The fraction of sp³-hybridized carbons (Fsp3) is 0.600. The molecule has 0 aliphatic carbocycles. The Hall–Kier alpha value is -1.03. The van der Waals surface area contributed by atoms with Crippen LogP contribution in [0.5, 0.6) is 0 Å². The van der Waals surface area contributed by atoms with Crippen molar-refractivity contribution < 1.29 is 32.0 Å². The lowest BCUT2D eigenvalue weighted by molar-refractivity contribution is -0.278. The molecule has 0 fully saturated rings. The van der Waals surface area contributed by atoms with E-state index in [1.807, 2.05) is 0 Å². The smallest absolute Gasteiger partial charge is 0.393 e. The second kappa shape index (κ2) is 7.07. The van der Waals surface area contributed by atoms with Gasteiger partial charge in [0, 0.05) is 17.2 Å². The number of nitrogens with one attached hydrogen (secondary N) is 1. The van der Waals surface area contributed by atoms with E-state index in [4.69, 9.17) is 5.11 Å². The molecular weight excluding hydrogens is 350 g/mol. The molecule has 0 spiro atoms. The molecule has 0 saturated heterocycles. The molecule has 3 N–H and O–H groups in total. The molecule has 1 aromatic rings. The van der Waals surface area contributed by atoms with E-state index in [2.05, 4.69) is 4.72 Å². The van der Waals surface area contributed by atoms with Crippen molar-refractivity contribution >= 4 is 11.0 Å². The van der Waals surface area contributed by atoms with E-state index >= 15 is 0 Å². The molecule has 0 aliphatic rings. The van der Waals surface area contributed by atoms with Gasteiger partial charge in [-0.3, -0.25) is 0 Å². The first-order valence-corrected chi connectivity index (χ1v) is 8.27. The predicted molar refractivity (Wildman–Crippen MR) is 82.9 cm³/mol. The first kappa shape index (κ1) is 21.0. The summed E-state index contributed by atoms with van der Waals surface area (Å²) >= 11 is 0. The topological polar surface area (TPSA) is 69.6 Å². The molecule has 0 unspecified atom stereocenters. The van der Waals surface area contributed by atoms with Crippen LogP contribution in [0.4, 0.5) is 17.6 Å². The van der Waals surface area contributed by atoms with Crippen molar-refractivity contribution in [2.75, 3.05) is 6.61 Å². The Morgan fingerprint density at radius 2 is 1.79 bits per heavy atom. The highest BCUT2D eigenvalue weighted by atomic mass is 32.2. The summed E-state index contributed by atoms with van der Waals surface area (Å²) in [5.41, 5.74) is -4.98. The van der Waals surface area contributed by atoms with Crippen LogP contribution in [0.25, 0.3) is 0 Å². The third-order valence-electron chi connectivity index (χ3n) is 3.48. The number of rotatable bonds is 5. The van der Waals surface area contributed by atoms with Gasteiger partial charge in [-0.2, -0.15) is 13.2 Å². The van der Waals surface area contributed by atoms with Crippen LogP contribution in [0.2, 0.25) is 0 Å². The standard InChI is InChI=1S/C15H21F4NO3S/c1-9(20-24(23)13(2,3)4)10-6-5-7-11(12(10)16)14(22,8-21)15(17,18)19/h5-7,9,20-22H,8H2,1-4H3/t9-,14-,24-/m1/s1. The number of alkyl halides is 3. The molecule has 0 amide bonds. The molecule has 0 radical (unpaired) electrons. The molecule has 138 valence electrons. The summed E-state index contributed by atoms with van der Waals surface area (Å²) in [6.45, 7) is 4.78. The van der Waals surface area contributed by atoms with Gasteiger partial charge >= 0.3 is 6.18 Å². The molecule has 0 bridgehead atoms. The third-order valence-corrected chi connectivity index (χ3v) is 5.16. The Balaban J connectivity index is 3.29. The summed E-state index contributed by atoms with van der Waals surface area (Å²) in [4.78, 5) is 0. The van der Waals surface area contributed by atoms with Crippen molar-refractivity contribution in [3.63, 3.8) is 0 Å². The average Bonchev–Trinajstić information content (AvgIpc) is 2.44. The fourth-order valence-electron chi connectivity index (χ4n) is 1.93. The van der Waals surface area contributed by atoms with Crippen molar-refractivity contribution in [3.8, 4) is 0 Å². The van der Waals surface area contributed by atoms with E-state index in [1.165, 1.54) is 13.0 Å². The minimum Gasteiger partial charge on any atom is -0.393 e. The molecule has 24 heavy (non-hydrogen) atoms. The Bertz CT molecular complexity index is 616. The SMILES string of the molecule is C[C@@H](N[S@](=O)C(C)(C)C)c1cccc([C@](O)(CO)C(F)(F)F)c1F. The van der Waals surface area contributed by atoms with Crippen molar-refractivity contribution in [2.24, 2.45) is 0 Å². The number of hydrogen-bond donors (Lipinski definition) is 3. The van der Waals surface area contributed by atoms with Gasteiger partial charge in [0.25, 0.3) is 0 Å². The van der Waals surface area contributed by atoms with Gasteiger partial charge in [-0.05, 0) is 27.7 Å². The molecule has 0 saturated carbocycles. The summed E-state index contributed by atoms with van der Waals surface area (Å²) in [5, 5.41) is 18.7. The van der Waals surface area contributed by atoms with E-state index in [-0.39, 0.29) is 5.56 Å². The summed E-state index contributed by atoms with van der Waals surface area (Å²) in [6.07, 6.45) is -5.26. The minimum absolute atomic E-state index is 0.193. The summed E-state index contributed by atoms with van der Waals surface area (Å²) in [7, 11) is -1.57. The van der Waals surface area contributed by atoms with Crippen LogP contribution in [-0.2, 0) is 16.6 Å².